The van der Waals surface area contributed by atoms with Crippen LogP contribution < -0.4 is 9.64 Å². The van der Waals surface area contributed by atoms with Gasteiger partial charge in [0.1, 0.15) is 11.6 Å². The first-order chi connectivity index (χ1) is 11.9. The molecule has 5 nitrogen and oxygen atoms in total. The Morgan fingerprint density at radius 3 is 2.52 bits per heavy atom. The number of hydrogen-bond acceptors (Lipinski definition) is 4. The molecule has 25 heavy (non-hydrogen) atoms. The van der Waals surface area contributed by atoms with Gasteiger partial charge in [-0.3, -0.25) is 4.79 Å². The summed E-state index contributed by atoms with van der Waals surface area (Å²) < 4.78 is 5.88. The van der Waals surface area contributed by atoms with Gasteiger partial charge in [0.05, 0.1) is 12.2 Å². The number of carbonyl (C=O) groups is 1. The number of rotatable bonds is 7. The normalized spacial score (nSPS) is 10.4. The van der Waals surface area contributed by atoms with Crippen molar-refractivity contribution in [1.29, 1.82) is 0 Å². The predicted octanol–water partition coefficient (Wildman–Crippen LogP) is 3.31. The summed E-state index contributed by atoms with van der Waals surface area (Å²) in [7, 11) is 5.46. The highest BCUT2D eigenvalue weighted by atomic mass is 16.5. The Kier molecular flexibility index (Phi) is 6.39. The van der Waals surface area contributed by atoms with Crippen molar-refractivity contribution in [2.75, 3.05) is 39.2 Å². The van der Waals surface area contributed by atoms with E-state index >= 15 is 0 Å². The summed E-state index contributed by atoms with van der Waals surface area (Å²) in [5, 5.41) is 0. The highest BCUT2D eigenvalue weighted by Crippen LogP contribution is 2.20. The van der Waals surface area contributed by atoms with Gasteiger partial charge in [0.15, 0.2) is 0 Å². The molecule has 0 spiro atoms. The van der Waals surface area contributed by atoms with Gasteiger partial charge in [-0.2, -0.15) is 0 Å². The number of carbonyl (C=O) groups excluding carboxylic acids is 1. The standard InChI is InChI=1S/C20H27N3O2/c1-15-8-6-9-18(16(15)2)25-13-7-12-23(5)19-11-10-17(14-21-19)20(24)22(3)4/h6,8-11,14H,7,12-13H2,1-5H3. The highest BCUT2D eigenvalue weighted by molar-refractivity contribution is 5.93. The van der Waals surface area contributed by atoms with Crippen LogP contribution in [0.3, 0.4) is 0 Å². The SMILES string of the molecule is Cc1cccc(OCCCN(C)c2ccc(C(=O)N(C)C)cn2)c1C. The molecule has 0 aliphatic carbocycles. The zero-order chi connectivity index (χ0) is 18.4. The van der Waals surface area contributed by atoms with Crippen LogP contribution in [-0.2, 0) is 0 Å². The molecule has 1 aromatic carbocycles. The third kappa shape index (κ3) is 4.95. The molecule has 0 fully saturated rings. The van der Waals surface area contributed by atoms with Crippen LogP contribution in [0.15, 0.2) is 36.5 Å². The van der Waals surface area contributed by atoms with Gasteiger partial charge in [0.2, 0.25) is 0 Å². The Morgan fingerprint density at radius 2 is 1.88 bits per heavy atom. The molecular weight excluding hydrogens is 314 g/mol. The van der Waals surface area contributed by atoms with Gasteiger partial charge in [-0.25, -0.2) is 4.98 Å². The van der Waals surface area contributed by atoms with E-state index in [4.69, 9.17) is 4.74 Å². The van der Waals surface area contributed by atoms with E-state index in [-0.39, 0.29) is 5.91 Å². The van der Waals surface area contributed by atoms with Crippen molar-refractivity contribution in [3.63, 3.8) is 0 Å². The van der Waals surface area contributed by atoms with Crippen molar-refractivity contribution in [2.45, 2.75) is 20.3 Å². The van der Waals surface area contributed by atoms with E-state index in [9.17, 15) is 4.79 Å². The van der Waals surface area contributed by atoms with Crippen LogP contribution in [0.4, 0.5) is 5.82 Å². The number of amides is 1. The van der Waals surface area contributed by atoms with Crippen molar-refractivity contribution in [3.8, 4) is 5.75 Å². The van der Waals surface area contributed by atoms with E-state index in [1.165, 1.54) is 11.1 Å². The van der Waals surface area contributed by atoms with Crippen LogP contribution >= 0.6 is 0 Å². The van der Waals surface area contributed by atoms with E-state index in [1.54, 1.807) is 25.2 Å². The molecule has 0 aliphatic heterocycles. The summed E-state index contributed by atoms with van der Waals surface area (Å²) in [4.78, 5) is 19.9. The Hall–Kier alpha value is -2.56. The zero-order valence-corrected chi connectivity index (χ0v) is 15.7. The first kappa shape index (κ1) is 18.8. The molecule has 1 amide bonds. The van der Waals surface area contributed by atoms with Crippen molar-refractivity contribution >= 4 is 11.7 Å². The minimum atomic E-state index is -0.0383. The van der Waals surface area contributed by atoms with Gasteiger partial charge >= 0.3 is 0 Å². The number of benzene rings is 1. The summed E-state index contributed by atoms with van der Waals surface area (Å²) in [5.41, 5.74) is 3.03. The second-order valence-corrected chi connectivity index (χ2v) is 6.43. The average Bonchev–Trinajstić information content (AvgIpc) is 2.61. The molecule has 0 atom stereocenters. The van der Waals surface area contributed by atoms with Crippen LogP contribution in [0.5, 0.6) is 5.75 Å². The molecule has 0 bridgehead atoms. The van der Waals surface area contributed by atoms with E-state index in [2.05, 4.69) is 29.8 Å². The maximum atomic E-state index is 11.9. The maximum absolute atomic E-state index is 11.9. The zero-order valence-electron chi connectivity index (χ0n) is 15.7. The number of ether oxygens (including phenoxy) is 1. The molecule has 5 heteroatoms. The average molecular weight is 341 g/mol. The smallest absolute Gasteiger partial charge is 0.254 e. The molecule has 0 unspecified atom stereocenters. The summed E-state index contributed by atoms with van der Waals surface area (Å²) in [6.07, 6.45) is 2.52. The van der Waals surface area contributed by atoms with Gasteiger partial charge < -0.3 is 14.5 Å². The fourth-order valence-corrected chi connectivity index (χ4v) is 2.48. The van der Waals surface area contributed by atoms with Crippen LogP contribution in [0.25, 0.3) is 0 Å². The summed E-state index contributed by atoms with van der Waals surface area (Å²) in [5.74, 6) is 1.76. The van der Waals surface area contributed by atoms with E-state index in [0.29, 0.717) is 12.2 Å². The van der Waals surface area contributed by atoms with Crippen molar-refractivity contribution in [1.82, 2.24) is 9.88 Å². The number of nitrogens with zero attached hydrogens (tertiary/aromatic N) is 3. The van der Waals surface area contributed by atoms with E-state index in [0.717, 1.165) is 24.5 Å². The Balaban J connectivity index is 1.83. The number of aryl methyl sites for hydroxylation is 1. The fourth-order valence-electron chi connectivity index (χ4n) is 2.48. The van der Waals surface area contributed by atoms with Crippen LogP contribution in [0.2, 0.25) is 0 Å². The number of aromatic nitrogens is 1. The largest absolute Gasteiger partial charge is 0.493 e. The molecule has 2 aromatic rings. The molecule has 0 aliphatic rings. The van der Waals surface area contributed by atoms with Crippen molar-refractivity contribution in [3.05, 3.63) is 53.2 Å². The monoisotopic (exact) mass is 341 g/mol. The second kappa shape index (κ2) is 8.51. The number of anilines is 1. The van der Waals surface area contributed by atoms with E-state index < -0.39 is 0 Å². The van der Waals surface area contributed by atoms with Gasteiger partial charge in [-0.05, 0) is 49.6 Å². The predicted molar refractivity (Wildman–Crippen MR) is 102 cm³/mol. The van der Waals surface area contributed by atoms with Crippen LogP contribution in [0.1, 0.15) is 27.9 Å². The minimum absolute atomic E-state index is 0.0383. The number of hydrogen-bond donors (Lipinski definition) is 0. The fraction of sp³-hybridized carbons (Fsp3) is 0.400. The Bertz CT molecular complexity index is 711. The molecule has 0 radical (unpaired) electrons. The van der Waals surface area contributed by atoms with Crippen LogP contribution in [-0.4, -0.2) is 50.1 Å². The summed E-state index contributed by atoms with van der Waals surface area (Å²) in [6.45, 7) is 5.66. The highest BCUT2D eigenvalue weighted by Gasteiger charge is 2.09. The quantitative estimate of drug-likeness (QED) is 0.725. The summed E-state index contributed by atoms with van der Waals surface area (Å²) >= 11 is 0. The molecule has 2 rings (SSSR count). The molecule has 0 saturated carbocycles. The maximum Gasteiger partial charge on any atom is 0.254 e. The molecule has 134 valence electrons. The lowest BCUT2D eigenvalue weighted by Gasteiger charge is -2.19. The van der Waals surface area contributed by atoms with Crippen molar-refractivity contribution < 1.29 is 9.53 Å². The lowest BCUT2D eigenvalue weighted by Crippen LogP contribution is -2.23. The molecule has 0 N–H and O–H groups in total. The number of pyridine rings is 1. The Morgan fingerprint density at radius 1 is 1.12 bits per heavy atom. The molecule has 1 heterocycles. The van der Waals surface area contributed by atoms with Gasteiger partial charge in [-0.15, -0.1) is 0 Å². The minimum Gasteiger partial charge on any atom is -0.493 e. The van der Waals surface area contributed by atoms with Gasteiger partial charge in [-0.1, -0.05) is 12.1 Å². The lowest BCUT2D eigenvalue weighted by molar-refractivity contribution is 0.0827. The Labute approximate surface area is 150 Å². The van der Waals surface area contributed by atoms with Gasteiger partial charge in [0, 0.05) is 33.9 Å². The first-order valence-corrected chi connectivity index (χ1v) is 8.48. The third-order valence-corrected chi connectivity index (χ3v) is 4.24. The van der Waals surface area contributed by atoms with Crippen molar-refractivity contribution in [2.24, 2.45) is 0 Å². The second-order valence-electron chi connectivity index (χ2n) is 6.43. The van der Waals surface area contributed by atoms with Gasteiger partial charge in [0.25, 0.3) is 5.91 Å². The van der Waals surface area contributed by atoms with E-state index in [1.807, 2.05) is 31.3 Å². The topological polar surface area (TPSA) is 45.7 Å². The molecule has 1 aromatic heterocycles. The molecular formula is C20H27N3O2. The molecule has 0 saturated heterocycles. The summed E-state index contributed by atoms with van der Waals surface area (Å²) in [6, 6.07) is 9.81. The van der Waals surface area contributed by atoms with Crippen LogP contribution in [0, 0.1) is 13.8 Å². The first-order valence-electron chi connectivity index (χ1n) is 8.48. The third-order valence-electron chi connectivity index (χ3n) is 4.24. The lowest BCUT2D eigenvalue weighted by atomic mass is 10.1.